The topological polar surface area (TPSA) is 43.4 Å². The molecule has 4 nitrogen and oxygen atoms in total. The Morgan fingerprint density at radius 2 is 2.05 bits per heavy atom. The minimum atomic E-state index is 0.727. The number of rotatable bonds is 4. The lowest BCUT2D eigenvalue weighted by atomic mass is 10.2. The van der Waals surface area contributed by atoms with Crippen molar-refractivity contribution in [3.63, 3.8) is 0 Å². The number of nitrogens with zero attached hydrogens (tertiary/aromatic N) is 1. The molecule has 0 aliphatic carbocycles. The third-order valence-corrected chi connectivity index (χ3v) is 3.70. The second-order valence-corrected chi connectivity index (χ2v) is 5.37. The molecule has 1 aromatic heterocycles. The van der Waals surface area contributed by atoms with Gasteiger partial charge in [0.15, 0.2) is 11.5 Å². The van der Waals surface area contributed by atoms with Crippen molar-refractivity contribution in [1.29, 1.82) is 0 Å². The molecule has 100 valence electrons. The first kappa shape index (κ1) is 12.4. The fourth-order valence-corrected chi connectivity index (χ4v) is 2.54. The molecule has 0 radical (unpaired) electrons. The molecule has 19 heavy (non-hydrogen) atoms. The highest BCUT2D eigenvalue weighted by molar-refractivity contribution is 7.09. The van der Waals surface area contributed by atoms with Gasteiger partial charge in [-0.05, 0) is 17.7 Å². The van der Waals surface area contributed by atoms with E-state index in [4.69, 9.17) is 9.47 Å². The average Bonchev–Trinajstić information content (AvgIpc) is 2.83. The second kappa shape index (κ2) is 6.04. The van der Waals surface area contributed by atoms with Gasteiger partial charge in [-0.2, -0.15) is 0 Å². The summed E-state index contributed by atoms with van der Waals surface area (Å²) in [4.78, 5) is 5.30. The standard InChI is InChI=1S/C14H16N2O2S/c1-4-17-13-3-2-11(6-14(13)18-5-1)7-15-8-12-9-16-10-19-12/h2-3,6,9-10,15H,1,4-5,7-8H2. The number of hydrogen-bond acceptors (Lipinski definition) is 5. The van der Waals surface area contributed by atoms with Crippen molar-refractivity contribution in [2.24, 2.45) is 0 Å². The molecule has 0 saturated carbocycles. The molecule has 0 spiro atoms. The molecule has 2 heterocycles. The maximum atomic E-state index is 5.68. The fraction of sp³-hybridized carbons (Fsp3) is 0.357. The first-order valence-corrected chi connectivity index (χ1v) is 7.26. The molecule has 1 aliphatic rings. The van der Waals surface area contributed by atoms with E-state index in [2.05, 4.69) is 22.4 Å². The molecule has 3 rings (SSSR count). The summed E-state index contributed by atoms with van der Waals surface area (Å²) in [6.07, 6.45) is 2.83. The van der Waals surface area contributed by atoms with Gasteiger partial charge in [-0.3, -0.25) is 4.98 Å². The van der Waals surface area contributed by atoms with Gasteiger partial charge < -0.3 is 14.8 Å². The molecule has 5 heteroatoms. The van der Waals surface area contributed by atoms with E-state index >= 15 is 0 Å². The van der Waals surface area contributed by atoms with Crippen LogP contribution < -0.4 is 14.8 Å². The summed E-state index contributed by atoms with van der Waals surface area (Å²) in [5, 5.41) is 3.40. The van der Waals surface area contributed by atoms with Crippen LogP contribution in [0.5, 0.6) is 11.5 Å². The van der Waals surface area contributed by atoms with Crippen molar-refractivity contribution in [2.45, 2.75) is 19.5 Å². The van der Waals surface area contributed by atoms with Crippen LogP contribution in [0.4, 0.5) is 0 Å². The molecule has 0 unspecified atom stereocenters. The van der Waals surface area contributed by atoms with E-state index in [0.717, 1.165) is 44.2 Å². The highest BCUT2D eigenvalue weighted by atomic mass is 32.1. The normalized spacial score (nSPS) is 14.1. The lowest BCUT2D eigenvalue weighted by Gasteiger charge is -2.09. The minimum absolute atomic E-state index is 0.727. The van der Waals surface area contributed by atoms with Gasteiger partial charge in [-0.15, -0.1) is 11.3 Å². The van der Waals surface area contributed by atoms with Gasteiger partial charge in [0.2, 0.25) is 0 Å². The number of ether oxygens (including phenoxy) is 2. The van der Waals surface area contributed by atoms with Gasteiger partial charge in [-0.1, -0.05) is 6.07 Å². The second-order valence-electron chi connectivity index (χ2n) is 4.40. The number of benzene rings is 1. The number of thiazole rings is 1. The van der Waals surface area contributed by atoms with Crippen molar-refractivity contribution in [3.8, 4) is 11.5 Å². The van der Waals surface area contributed by atoms with Crippen LogP contribution in [-0.2, 0) is 13.1 Å². The van der Waals surface area contributed by atoms with E-state index in [0.29, 0.717) is 0 Å². The number of aromatic nitrogens is 1. The summed E-state index contributed by atoms with van der Waals surface area (Å²) in [6, 6.07) is 6.12. The summed E-state index contributed by atoms with van der Waals surface area (Å²) in [5.74, 6) is 1.71. The minimum Gasteiger partial charge on any atom is -0.490 e. The molecule has 1 aromatic carbocycles. The molecule has 0 amide bonds. The van der Waals surface area contributed by atoms with Crippen LogP contribution in [0.15, 0.2) is 29.9 Å². The predicted octanol–water partition coefficient (Wildman–Crippen LogP) is 2.59. The smallest absolute Gasteiger partial charge is 0.161 e. The van der Waals surface area contributed by atoms with E-state index in [1.807, 2.05) is 17.8 Å². The van der Waals surface area contributed by atoms with Crippen LogP contribution in [0.25, 0.3) is 0 Å². The van der Waals surface area contributed by atoms with Gasteiger partial charge in [-0.25, -0.2) is 0 Å². The van der Waals surface area contributed by atoms with Crippen LogP contribution in [-0.4, -0.2) is 18.2 Å². The van der Waals surface area contributed by atoms with Crippen molar-refractivity contribution < 1.29 is 9.47 Å². The Bertz CT molecular complexity index is 528. The van der Waals surface area contributed by atoms with Crippen LogP contribution in [0.1, 0.15) is 16.9 Å². The van der Waals surface area contributed by atoms with Crippen LogP contribution in [0, 0.1) is 0 Å². The molecule has 0 atom stereocenters. The van der Waals surface area contributed by atoms with Crippen molar-refractivity contribution in [3.05, 3.63) is 40.3 Å². The zero-order chi connectivity index (χ0) is 12.9. The zero-order valence-corrected chi connectivity index (χ0v) is 11.4. The van der Waals surface area contributed by atoms with Crippen LogP contribution >= 0.6 is 11.3 Å². The Balaban J connectivity index is 1.60. The largest absolute Gasteiger partial charge is 0.490 e. The Morgan fingerprint density at radius 1 is 1.16 bits per heavy atom. The number of nitrogens with one attached hydrogen (secondary N) is 1. The number of fused-ring (bicyclic) bond motifs is 1. The number of hydrogen-bond donors (Lipinski definition) is 1. The SMILES string of the molecule is c1ncc(CNCc2ccc3c(c2)OCCCO3)s1. The summed E-state index contributed by atoms with van der Waals surface area (Å²) in [6.45, 7) is 3.12. The highest BCUT2D eigenvalue weighted by Crippen LogP contribution is 2.30. The van der Waals surface area contributed by atoms with E-state index < -0.39 is 0 Å². The lowest BCUT2D eigenvalue weighted by molar-refractivity contribution is 0.297. The van der Waals surface area contributed by atoms with Gasteiger partial charge in [0.25, 0.3) is 0 Å². The molecule has 0 saturated heterocycles. The third-order valence-electron chi connectivity index (χ3n) is 2.92. The average molecular weight is 276 g/mol. The predicted molar refractivity (Wildman–Crippen MR) is 74.7 cm³/mol. The third kappa shape index (κ3) is 3.24. The van der Waals surface area contributed by atoms with Crippen LogP contribution in [0.3, 0.4) is 0 Å². The zero-order valence-electron chi connectivity index (χ0n) is 10.6. The molecule has 1 N–H and O–H groups in total. The van der Waals surface area contributed by atoms with Crippen molar-refractivity contribution in [2.75, 3.05) is 13.2 Å². The Kier molecular flexibility index (Phi) is 3.95. The van der Waals surface area contributed by atoms with Crippen LogP contribution in [0.2, 0.25) is 0 Å². The van der Waals surface area contributed by atoms with E-state index in [-0.39, 0.29) is 0 Å². The summed E-state index contributed by atoms with van der Waals surface area (Å²) >= 11 is 1.67. The highest BCUT2D eigenvalue weighted by Gasteiger charge is 2.10. The summed E-state index contributed by atoms with van der Waals surface area (Å²) in [7, 11) is 0. The molecular formula is C14H16N2O2S. The first-order chi connectivity index (χ1) is 9.42. The fourth-order valence-electron chi connectivity index (χ4n) is 1.98. The molecule has 1 aliphatic heterocycles. The maximum Gasteiger partial charge on any atom is 0.161 e. The van der Waals surface area contributed by atoms with Gasteiger partial charge in [0.05, 0.1) is 18.7 Å². The van der Waals surface area contributed by atoms with E-state index in [1.54, 1.807) is 11.3 Å². The van der Waals surface area contributed by atoms with Gasteiger partial charge >= 0.3 is 0 Å². The molecule has 0 fully saturated rings. The van der Waals surface area contributed by atoms with E-state index in [1.165, 1.54) is 10.4 Å². The quantitative estimate of drug-likeness (QED) is 0.932. The van der Waals surface area contributed by atoms with E-state index in [9.17, 15) is 0 Å². The maximum absolute atomic E-state index is 5.68. The van der Waals surface area contributed by atoms with Crippen molar-refractivity contribution >= 4 is 11.3 Å². The lowest BCUT2D eigenvalue weighted by Crippen LogP contribution is -2.11. The Labute approximate surface area is 116 Å². The van der Waals surface area contributed by atoms with Crippen molar-refractivity contribution in [1.82, 2.24) is 10.3 Å². The first-order valence-electron chi connectivity index (χ1n) is 6.38. The molecular weight excluding hydrogens is 260 g/mol. The molecule has 2 aromatic rings. The van der Waals surface area contributed by atoms with Gasteiger partial charge in [0, 0.05) is 30.6 Å². The monoisotopic (exact) mass is 276 g/mol. The Morgan fingerprint density at radius 3 is 2.89 bits per heavy atom. The Hall–Kier alpha value is -1.59. The molecule has 0 bridgehead atoms. The van der Waals surface area contributed by atoms with Gasteiger partial charge in [0.1, 0.15) is 0 Å². The summed E-state index contributed by atoms with van der Waals surface area (Å²) in [5.41, 5.74) is 3.05. The summed E-state index contributed by atoms with van der Waals surface area (Å²) < 4.78 is 11.3.